The van der Waals surface area contributed by atoms with E-state index in [0.29, 0.717) is 16.5 Å². The number of fused-ring (bicyclic) bond motifs is 1. The van der Waals surface area contributed by atoms with Crippen LogP contribution in [0, 0.1) is 12.7 Å². The zero-order chi connectivity index (χ0) is 24.1. The molecule has 0 aliphatic heterocycles. The van der Waals surface area contributed by atoms with E-state index in [-0.39, 0.29) is 29.9 Å². The number of benzene rings is 2. The molecule has 10 heteroatoms. The van der Waals surface area contributed by atoms with Crippen molar-refractivity contribution >= 4 is 50.8 Å². The number of anilines is 1. The van der Waals surface area contributed by atoms with Crippen molar-refractivity contribution in [1.29, 1.82) is 0 Å². The number of thioether (sulfide) groups is 1. The molecule has 0 saturated heterocycles. The predicted molar refractivity (Wildman–Crippen MR) is 133 cm³/mol. The normalized spacial score (nSPS) is 10.8. The summed E-state index contributed by atoms with van der Waals surface area (Å²) in [6, 6.07) is 11.7. The fourth-order valence-electron chi connectivity index (χ4n) is 3.28. The van der Waals surface area contributed by atoms with Gasteiger partial charge in [0.2, 0.25) is 11.8 Å². The highest BCUT2D eigenvalue weighted by atomic mass is 32.2. The second-order valence-corrected chi connectivity index (χ2v) is 9.15. The fraction of sp³-hybridized carbons (Fsp3) is 0.167. The van der Waals surface area contributed by atoms with E-state index in [0.717, 1.165) is 26.9 Å². The molecule has 0 saturated carbocycles. The average Bonchev–Trinajstić information content (AvgIpc) is 3.27. The molecule has 2 aromatic heterocycles. The van der Waals surface area contributed by atoms with Crippen LogP contribution in [0.25, 0.3) is 21.3 Å². The lowest BCUT2D eigenvalue weighted by Gasteiger charge is -2.11. The van der Waals surface area contributed by atoms with E-state index in [9.17, 15) is 14.0 Å². The number of nitrogens with zero attached hydrogens (tertiary/aromatic N) is 2. The van der Waals surface area contributed by atoms with Gasteiger partial charge < -0.3 is 15.4 Å². The second kappa shape index (κ2) is 10.6. The quantitative estimate of drug-likeness (QED) is 0.272. The van der Waals surface area contributed by atoms with Crippen LogP contribution in [-0.4, -0.2) is 41.2 Å². The van der Waals surface area contributed by atoms with Crippen LogP contribution in [0.5, 0.6) is 5.75 Å². The Morgan fingerprint density at radius 1 is 1.12 bits per heavy atom. The molecule has 0 aliphatic rings. The topological polar surface area (TPSA) is 93.2 Å². The highest BCUT2D eigenvalue weighted by Gasteiger charge is 2.15. The van der Waals surface area contributed by atoms with Gasteiger partial charge in [-0.05, 0) is 42.3 Å². The van der Waals surface area contributed by atoms with E-state index < -0.39 is 0 Å². The van der Waals surface area contributed by atoms with E-state index in [2.05, 4.69) is 20.6 Å². The highest BCUT2D eigenvalue weighted by molar-refractivity contribution is 8.00. The molecule has 7 nitrogen and oxygen atoms in total. The molecule has 0 bridgehead atoms. The maximum absolute atomic E-state index is 13.3. The van der Waals surface area contributed by atoms with Gasteiger partial charge in [-0.2, -0.15) is 0 Å². The summed E-state index contributed by atoms with van der Waals surface area (Å²) in [5, 5.41) is 8.79. The lowest BCUT2D eigenvalue weighted by Crippen LogP contribution is -2.34. The molecule has 0 unspecified atom stereocenters. The summed E-state index contributed by atoms with van der Waals surface area (Å²) in [5.74, 6) is -0.354. The molecule has 0 atom stereocenters. The first-order valence-electron chi connectivity index (χ1n) is 10.3. The van der Waals surface area contributed by atoms with Gasteiger partial charge in [0.15, 0.2) is 0 Å². The van der Waals surface area contributed by atoms with Crippen LogP contribution in [0.2, 0.25) is 0 Å². The molecular formula is C24H21FN4O3S2. The number of hydrogen-bond acceptors (Lipinski definition) is 7. The molecule has 0 spiro atoms. The van der Waals surface area contributed by atoms with Gasteiger partial charge in [0.1, 0.15) is 27.8 Å². The number of ether oxygens (including phenoxy) is 1. The SMILES string of the molecule is COc1ccc(C)cc1NC(=O)CNC(=O)CSc1ncnc2scc(-c3ccc(F)cc3)c12. The summed E-state index contributed by atoms with van der Waals surface area (Å²) in [6.07, 6.45) is 1.45. The highest BCUT2D eigenvalue weighted by Crippen LogP contribution is 2.37. The number of hydrogen-bond donors (Lipinski definition) is 2. The molecule has 34 heavy (non-hydrogen) atoms. The first-order valence-corrected chi connectivity index (χ1v) is 12.1. The maximum atomic E-state index is 13.3. The smallest absolute Gasteiger partial charge is 0.243 e. The predicted octanol–water partition coefficient (Wildman–Crippen LogP) is 4.66. The minimum atomic E-state index is -0.358. The molecule has 2 heterocycles. The Kier molecular flexibility index (Phi) is 7.39. The van der Waals surface area contributed by atoms with Gasteiger partial charge >= 0.3 is 0 Å². The van der Waals surface area contributed by atoms with Gasteiger partial charge in [-0.15, -0.1) is 11.3 Å². The van der Waals surface area contributed by atoms with E-state index in [1.807, 2.05) is 18.4 Å². The molecule has 4 rings (SSSR count). The zero-order valence-corrected chi connectivity index (χ0v) is 20.1. The first-order chi connectivity index (χ1) is 16.4. The number of rotatable bonds is 8. The van der Waals surface area contributed by atoms with Gasteiger partial charge in [-0.1, -0.05) is 30.0 Å². The Morgan fingerprint density at radius 2 is 1.91 bits per heavy atom. The number of halogens is 1. The first kappa shape index (κ1) is 23.7. The average molecular weight is 497 g/mol. The van der Waals surface area contributed by atoms with Crippen molar-refractivity contribution in [1.82, 2.24) is 15.3 Å². The number of amides is 2. The van der Waals surface area contributed by atoms with Crippen LogP contribution < -0.4 is 15.4 Å². The van der Waals surface area contributed by atoms with Crippen molar-refractivity contribution in [3.05, 3.63) is 65.6 Å². The number of carbonyl (C=O) groups is 2. The number of nitrogens with one attached hydrogen (secondary N) is 2. The molecule has 0 aliphatic carbocycles. The molecule has 0 fully saturated rings. The Morgan fingerprint density at radius 3 is 2.68 bits per heavy atom. The lowest BCUT2D eigenvalue weighted by atomic mass is 10.1. The number of aryl methyl sites for hydroxylation is 1. The number of aromatic nitrogens is 2. The lowest BCUT2D eigenvalue weighted by molar-refractivity contribution is -0.122. The summed E-state index contributed by atoms with van der Waals surface area (Å²) in [7, 11) is 1.53. The molecule has 0 radical (unpaired) electrons. The molecule has 2 amide bonds. The van der Waals surface area contributed by atoms with Crippen molar-refractivity contribution in [3.63, 3.8) is 0 Å². The van der Waals surface area contributed by atoms with Gasteiger partial charge in [0, 0.05) is 10.9 Å². The van der Waals surface area contributed by atoms with Gasteiger partial charge in [0.05, 0.1) is 30.5 Å². The second-order valence-electron chi connectivity index (χ2n) is 7.33. The van der Waals surface area contributed by atoms with Crippen molar-refractivity contribution in [3.8, 4) is 16.9 Å². The standard InChI is InChI=1S/C24H21FN4O3S2/c1-14-3-8-19(32-2)18(9-14)29-20(30)10-26-21(31)12-34-24-22-17(11-33-23(22)27-13-28-24)15-4-6-16(25)7-5-15/h3-9,11,13H,10,12H2,1-2H3,(H,26,31)(H,29,30). The Hall–Kier alpha value is -3.50. The molecule has 2 N–H and O–H groups in total. The number of thiophene rings is 1. The van der Waals surface area contributed by atoms with E-state index >= 15 is 0 Å². The summed E-state index contributed by atoms with van der Waals surface area (Å²) >= 11 is 2.71. The largest absolute Gasteiger partial charge is 0.495 e. The Balaban J connectivity index is 1.38. The van der Waals surface area contributed by atoms with E-state index in [1.165, 1.54) is 48.7 Å². The number of carbonyl (C=O) groups excluding carboxylic acids is 2. The van der Waals surface area contributed by atoms with Crippen LogP contribution in [0.4, 0.5) is 10.1 Å². The zero-order valence-electron chi connectivity index (χ0n) is 18.4. The molecule has 2 aromatic carbocycles. The van der Waals surface area contributed by atoms with E-state index in [4.69, 9.17) is 4.74 Å². The van der Waals surface area contributed by atoms with Crippen LogP contribution in [-0.2, 0) is 9.59 Å². The van der Waals surface area contributed by atoms with Crippen LogP contribution in [0.15, 0.2) is 59.2 Å². The van der Waals surface area contributed by atoms with Crippen molar-refractivity contribution in [2.45, 2.75) is 11.9 Å². The van der Waals surface area contributed by atoms with Crippen molar-refractivity contribution in [2.24, 2.45) is 0 Å². The minimum Gasteiger partial charge on any atom is -0.495 e. The van der Waals surface area contributed by atoms with Gasteiger partial charge in [-0.3, -0.25) is 9.59 Å². The number of methoxy groups -OCH3 is 1. The van der Waals surface area contributed by atoms with Crippen molar-refractivity contribution < 1.29 is 18.7 Å². The van der Waals surface area contributed by atoms with Crippen LogP contribution >= 0.6 is 23.1 Å². The van der Waals surface area contributed by atoms with Crippen LogP contribution in [0.1, 0.15) is 5.56 Å². The third-order valence-corrected chi connectivity index (χ3v) is 6.78. The molecular weight excluding hydrogens is 475 g/mol. The summed E-state index contributed by atoms with van der Waals surface area (Å²) in [4.78, 5) is 34.1. The fourth-order valence-corrected chi connectivity index (χ4v) is 5.10. The third kappa shape index (κ3) is 5.52. The maximum Gasteiger partial charge on any atom is 0.243 e. The molecule has 174 valence electrons. The van der Waals surface area contributed by atoms with Gasteiger partial charge in [0.25, 0.3) is 0 Å². The summed E-state index contributed by atoms with van der Waals surface area (Å²) in [5.41, 5.74) is 3.25. The summed E-state index contributed by atoms with van der Waals surface area (Å²) in [6.45, 7) is 1.74. The Labute approximate surface area is 203 Å². The van der Waals surface area contributed by atoms with Gasteiger partial charge in [-0.25, -0.2) is 14.4 Å². The van der Waals surface area contributed by atoms with Crippen LogP contribution in [0.3, 0.4) is 0 Å². The van der Waals surface area contributed by atoms with E-state index in [1.54, 1.807) is 24.3 Å². The summed E-state index contributed by atoms with van der Waals surface area (Å²) < 4.78 is 18.6. The van der Waals surface area contributed by atoms with Crippen molar-refractivity contribution in [2.75, 3.05) is 24.7 Å². The molecule has 4 aromatic rings. The third-order valence-electron chi connectivity index (χ3n) is 4.91. The Bertz CT molecular complexity index is 1340. The monoisotopic (exact) mass is 496 g/mol. The minimum absolute atomic E-state index is 0.0753.